The molecule has 0 radical (unpaired) electrons. The molecule has 0 saturated carbocycles. The van der Waals surface area contributed by atoms with Crippen LogP contribution < -0.4 is 0 Å². The Morgan fingerprint density at radius 2 is 2.24 bits per heavy atom. The Balaban J connectivity index is 2.71. The summed E-state index contributed by atoms with van der Waals surface area (Å²) >= 11 is 8.98. The third kappa shape index (κ3) is 4.28. The number of nitrogens with zero attached hydrogens (tertiary/aromatic N) is 1. The number of amides is 1. The van der Waals surface area contributed by atoms with Crippen LogP contribution in [0.15, 0.2) is 18.2 Å². The van der Waals surface area contributed by atoms with Gasteiger partial charge in [0.1, 0.15) is 5.82 Å². The molecule has 0 fully saturated rings. The lowest BCUT2D eigenvalue weighted by molar-refractivity contribution is 0.0793. The van der Waals surface area contributed by atoms with Crippen LogP contribution in [0.4, 0.5) is 4.39 Å². The van der Waals surface area contributed by atoms with Crippen LogP contribution in [0, 0.1) is 5.82 Å². The molecule has 0 aliphatic rings. The maximum absolute atomic E-state index is 13.2. The highest BCUT2D eigenvalue weighted by atomic mass is 79.9. The Morgan fingerprint density at radius 1 is 1.59 bits per heavy atom. The van der Waals surface area contributed by atoms with E-state index in [1.807, 2.05) is 6.92 Å². The van der Waals surface area contributed by atoms with Crippen molar-refractivity contribution in [1.29, 1.82) is 0 Å². The predicted molar refractivity (Wildman–Crippen MR) is 71.4 cm³/mol. The first-order valence-corrected chi connectivity index (χ1v) is 6.55. The molecular weight excluding hydrogens is 308 g/mol. The summed E-state index contributed by atoms with van der Waals surface area (Å²) in [6.45, 7) is 2.63. The first kappa shape index (κ1) is 14.5. The summed E-state index contributed by atoms with van der Waals surface area (Å²) in [5.41, 5.74) is 0.316. The summed E-state index contributed by atoms with van der Waals surface area (Å²) in [5, 5.41) is 0.0262. The summed E-state index contributed by atoms with van der Waals surface area (Å²) in [4.78, 5) is 13.8. The van der Waals surface area contributed by atoms with Crippen LogP contribution in [0.25, 0.3) is 0 Å². The molecule has 0 N–H and O–H groups in total. The molecule has 0 aliphatic carbocycles. The van der Waals surface area contributed by atoms with E-state index in [2.05, 4.69) is 15.9 Å². The average Bonchev–Trinajstić information content (AvgIpc) is 2.28. The molecule has 0 heterocycles. The van der Waals surface area contributed by atoms with Crippen LogP contribution >= 0.6 is 27.5 Å². The van der Waals surface area contributed by atoms with Crippen molar-refractivity contribution < 1.29 is 9.18 Å². The Labute approximate surface area is 114 Å². The van der Waals surface area contributed by atoms with Gasteiger partial charge in [0.15, 0.2) is 0 Å². The van der Waals surface area contributed by atoms with Gasteiger partial charge in [-0.2, -0.15) is 0 Å². The molecule has 0 aromatic heterocycles. The van der Waals surface area contributed by atoms with Gasteiger partial charge in [-0.1, -0.05) is 34.5 Å². The Hall–Kier alpha value is -0.610. The summed E-state index contributed by atoms with van der Waals surface area (Å²) in [5.74, 6) is -0.770. The monoisotopic (exact) mass is 321 g/mol. The SMILES string of the molecule is CC(Br)CCN(C)C(=O)c1ccc(Cl)c(F)c1. The Bertz CT molecular complexity index is 411. The minimum atomic E-state index is -0.570. The normalized spacial score (nSPS) is 12.3. The summed E-state index contributed by atoms with van der Waals surface area (Å²) < 4.78 is 13.2. The highest BCUT2D eigenvalue weighted by Crippen LogP contribution is 2.16. The molecule has 5 heteroatoms. The molecule has 1 aromatic rings. The molecule has 0 spiro atoms. The van der Waals surface area contributed by atoms with Gasteiger partial charge in [0, 0.05) is 24.0 Å². The summed E-state index contributed by atoms with van der Waals surface area (Å²) in [7, 11) is 1.70. The zero-order chi connectivity index (χ0) is 13.0. The molecule has 1 rings (SSSR count). The van der Waals surface area contributed by atoms with Crippen molar-refractivity contribution in [2.45, 2.75) is 18.2 Å². The molecule has 1 aromatic carbocycles. The number of hydrogen-bond acceptors (Lipinski definition) is 1. The van der Waals surface area contributed by atoms with Crippen molar-refractivity contribution in [2.24, 2.45) is 0 Å². The maximum Gasteiger partial charge on any atom is 0.253 e. The van der Waals surface area contributed by atoms with E-state index in [-0.39, 0.29) is 10.9 Å². The first-order valence-electron chi connectivity index (χ1n) is 5.26. The third-order valence-corrected chi connectivity index (χ3v) is 3.14. The van der Waals surface area contributed by atoms with Crippen LogP contribution in [0.2, 0.25) is 5.02 Å². The van der Waals surface area contributed by atoms with Crippen LogP contribution in [-0.2, 0) is 0 Å². The van der Waals surface area contributed by atoms with E-state index >= 15 is 0 Å². The van der Waals surface area contributed by atoms with Crippen LogP contribution in [0.1, 0.15) is 23.7 Å². The minimum Gasteiger partial charge on any atom is -0.342 e. The second kappa shape index (κ2) is 6.36. The van der Waals surface area contributed by atoms with E-state index in [1.54, 1.807) is 11.9 Å². The maximum atomic E-state index is 13.2. The standard InChI is InChI=1S/C12H14BrClFNO/c1-8(13)5-6-16(2)12(17)9-3-4-10(14)11(15)7-9/h3-4,7-8H,5-6H2,1-2H3. The molecule has 0 aliphatic heterocycles. The van der Waals surface area contributed by atoms with Gasteiger partial charge in [-0.3, -0.25) is 4.79 Å². The minimum absolute atomic E-state index is 0.0262. The van der Waals surface area contributed by atoms with E-state index in [9.17, 15) is 9.18 Å². The lowest BCUT2D eigenvalue weighted by Crippen LogP contribution is -2.28. The fraction of sp³-hybridized carbons (Fsp3) is 0.417. The van der Waals surface area contributed by atoms with E-state index in [0.717, 1.165) is 6.42 Å². The van der Waals surface area contributed by atoms with Gasteiger partial charge < -0.3 is 4.90 Å². The second-order valence-electron chi connectivity index (χ2n) is 3.93. The lowest BCUT2D eigenvalue weighted by atomic mass is 10.2. The Kier molecular flexibility index (Phi) is 5.40. The number of rotatable bonds is 4. The molecule has 2 nitrogen and oxygen atoms in total. The van der Waals surface area contributed by atoms with E-state index in [4.69, 9.17) is 11.6 Å². The molecule has 0 bridgehead atoms. The number of carbonyl (C=O) groups excluding carboxylic acids is 1. The zero-order valence-electron chi connectivity index (χ0n) is 9.71. The van der Waals surface area contributed by atoms with Gasteiger partial charge in [-0.25, -0.2) is 4.39 Å². The van der Waals surface area contributed by atoms with Crippen molar-refractivity contribution in [2.75, 3.05) is 13.6 Å². The lowest BCUT2D eigenvalue weighted by Gasteiger charge is -2.18. The van der Waals surface area contributed by atoms with Crippen LogP contribution in [-0.4, -0.2) is 29.2 Å². The van der Waals surface area contributed by atoms with Crippen molar-refractivity contribution in [1.82, 2.24) is 4.90 Å². The van der Waals surface area contributed by atoms with Gasteiger partial charge in [-0.15, -0.1) is 0 Å². The van der Waals surface area contributed by atoms with Gasteiger partial charge in [-0.05, 0) is 24.6 Å². The van der Waals surface area contributed by atoms with Gasteiger partial charge >= 0.3 is 0 Å². The zero-order valence-corrected chi connectivity index (χ0v) is 12.1. The number of alkyl halides is 1. The predicted octanol–water partition coefficient (Wildman–Crippen LogP) is 3.72. The highest BCUT2D eigenvalue weighted by Gasteiger charge is 2.13. The molecule has 0 saturated heterocycles. The largest absolute Gasteiger partial charge is 0.342 e. The van der Waals surface area contributed by atoms with E-state index in [0.29, 0.717) is 16.9 Å². The molecule has 1 atom stereocenters. The number of hydrogen-bond donors (Lipinski definition) is 0. The quantitative estimate of drug-likeness (QED) is 0.774. The van der Waals surface area contributed by atoms with Crippen molar-refractivity contribution >= 4 is 33.4 Å². The molecule has 94 valence electrons. The topological polar surface area (TPSA) is 20.3 Å². The summed E-state index contributed by atoms with van der Waals surface area (Å²) in [6.07, 6.45) is 0.846. The smallest absolute Gasteiger partial charge is 0.253 e. The fourth-order valence-electron chi connectivity index (χ4n) is 1.32. The fourth-order valence-corrected chi connectivity index (χ4v) is 1.64. The van der Waals surface area contributed by atoms with Crippen LogP contribution in [0.5, 0.6) is 0 Å². The number of halogens is 3. The average molecular weight is 323 g/mol. The first-order chi connectivity index (χ1) is 7.91. The van der Waals surface area contributed by atoms with Crippen molar-refractivity contribution in [3.8, 4) is 0 Å². The van der Waals surface area contributed by atoms with Crippen LogP contribution in [0.3, 0.4) is 0 Å². The molecule has 17 heavy (non-hydrogen) atoms. The molecule has 1 unspecified atom stereocenters. The van der Waals surface area contributed by atoms with Gasteiger partial charge in [0.05, 0.1) is 5.02 Å². The van der Waals surface area contributed by atoms with Crippen molar-refractivity contribution in [3.05, 3.63) is 34.6 Å². The highest BCUT2D eigenvalue weighted by molar-refractivity contribution is 9.09. The van der Waals surface area contributed by atoms with E-state index < -0.39 is 5.82 Å². The Morgan fingerprint density at radius 3 is 2.76 bits per heavy atom. The van der Waals surface area contributed by atoms with Gasteiger partial charge in [0.25, 0.3) is 5.91 Å². The number of carbonyl (C=O) groups is 1. The molecular formula is C12H14BrClFNO. The number of benzene rings is 1. The second-order valence-corrected chi connectivity index (χ2v) is 5.90. The summed E-state index contributed by atoms with van der Waals surface area (Å²) in [6, 6.07) is 4.09. The van der Waals surface area contributed by atoms with Crippen molar-refractivity contribution in [3.63, 3.8) is 0 Å². The molecule has 1 amide bonds. The third-order valence-electron chi connectivity index (χ3n) is 2.38. The van der Waals surface area contributed by atoms with E-state index in [1.165, 1.54) is 18.2 Å². The van der Waals surface area contributed by atoms with Gasteiger partial charge in [0.2, 0.25) is 0 Å².